The summed E-state index contributed by atoms with van der Waals surface area (Å²) < 4.78 is 0. The largest absolute Gasteiger partial charge is 0.301 e. The van der Waals surface area contributed by atoms with E-state index in [-0.39, 0.29) is 16.7 Å². The molecule has 1 heterocycles. The lowest BCUT2D eigenvalue weighted by molar-refractivity contribution is -0.120. The quantitative estimate of drug-likeness (QED) is 0.767. The number of carbonyl (C=O) groups excluding carboxylic acids is 1. The third-order valence-corrected chi connectivity index (χ3v) is 4.03. The first-order valence-electron chi connectivity index (χ1n) is 4.91. The number of H-pyrrole nitrogens is 1. The van der Waals surface area contributed by atoms with Gasteiger partial charge >= 0.3 is 0 Å². The van der Waals surface area contributed by atoms with Crippen LogP contribution in [-0.4, -0.2) is 21.0 Å². The second-order valence-corrected chi connectivity index (χ2v) is 4.92. The molecule has 0 bridgehead atoms. The van der Waals surface area contributed by atoms with Gasteiger partial charge in [-0.05, 0) is 6.42 Å². The number of carbonyl (C=O) groups is 1. The van der Waals surface area contributed by atoms with Crippen LogP contribution in [0.4, 0.5) is 0 Å². The molecule has 2 atom stereocenters. The van der Waals surface area contributed by atoms with Crippen molar-refractivity contribution in [3.05, 3.63) is 22.6 Å². The minimum atomic E-state index is -0.149. The van der Waals surface area contributed by atoms with Gasteiger partial charge in [0.2, 0.25) is 0 Å². The molecule has 0 amide bonds. The van der Waals surface area contributed by atoms with Gasteiger partial charge in [0.15, 0.2) is 5.16 Å². The number of hydrogen-bond donors (Lipinski definition) is 1. The Kier molecular flexibility index (Phi) is 2.90. The van der Waals surface area contributed by atoms with Crippen molar-refractivity contribution in [3.63, 3.8) is 0 Å². The van der Waals surface area contributed by atoms with Gasteiger partial charge in [-0.3, -0.25) is 9.59 Å². The van der Waals surface area contributed by atoms with Crippen LogP contribution in [0.5, 0.6) is 0 Å². The Labute approximate surface area is 91.5 Å². The molecule has 2 unspecified atom stereocenters. The molecule has 1 N–H and O–H groups in total. The molecule has 0 aromatic carbocycles. The number of hydrogen-bond acceptors (Lipinski definition) is 4. The zero-order chi connectivity index (χ0) is 10.8. The van der Waals surface area contributed by atoms with Gasteiger partial charge in [0.25, 0.3) is 5.56 Å². The molecule has 0 aliphatic heterocycles. The first-order valence-corrected chi connectivity index (χ1v) is 5.79. The standard InChI is InChI=1S/C10H12N2O2S/c1-6-7(13)2-3-8(6)15-10-11-5-4-9(14)12-10/h4-6,8H,2-3H2,1H3,(H,11,12,14). The lowest BCUT2D eigenvalue weighted by atomic mass is 10.1. The maximum Gasteiger partial charge on any atom is 0.251 e. The Morgan fingerprint density at radius 2 is 2.33 bits per heavy atom. The van der Waals surface area contributed by atoms with E-state index in [1.54, 1.807) is 0 Å². The number of rotatable bonds is 2. The van der Waals surface area contributed by atoms with Crippen LogP contribution < -0.4 is 5.56 Å². The van der Waals surface area contributed by atoms with Crippen molar-refractivity contribution in [2.75, 3.05) is 0 Å². The smallest absolute Gasteiger partial charge is 0.251 e. The molecule has 1 aliphatic carbocycles. The summed E-state index contributed by atoms with van der Waals surface area (Å²) in [6, 6.07) is 1.38. The second kappa shape index (κ2) is 4.18. The summed E-state index contributed by atoms with van der Waals surface area (Å²) in [7, 11) is 0. The van der Waals surface area contributed by atoms with Crippen LogP contribution in [0.25, 0.3) is 0 Å². The minimum Gasteiger partial charge on any atom is -0.301 e. The van der Waals surface area contributed by atoms with E-state index >= 15 is 0 Å². The summed E-state index contributed by atoms with van der Waals surface area (Å²) >= 11 is 1.49. The van der Waals surface area contributed by atoms with E-state index in [0.29, 0.717) is 17.4 Å². The molecular weight excluding hydrogens is 212 g/mol. The molecule has 2 rings (SSSR count). The van der Waals surface area contributed by atoms with E-state index in [1.165, 1.54) is 24.0 Å². The molecule has 1 fully saturated rings. The van der Waals surface area contributed by atoms with E-state index in [2.05, 4.69) is 9.97 Å². The van der Waals surface area contributed by atoms with Crippen molar-refractivity contribution in [2.45, 2.75) is 30.2 Å². The van der Waals surface area contributed by atoms with Crippen molar-refractivity contribution in [2.24, 2.45) is 5.92 Å². The Balaban J connectivity index is 2.09. The van der Waals surface area contributed by atoms with Crippen molar-refractivity contribution in [1.29, 1.82) is 0 Å². The van der Waals surface area contributed by atoms with Gasteiger partial charge in [0.05, 0.1) is 0 Å². The molecular formula is C10H12N2O2S. The van der Waals surface area contributed by atoms with Crippen LogP contribution in [0.2, 0.25) is 0 Å². The zero-order valence-electron chi connectivity index (χ0n) is 8.40. The topological polar surface area (TPSA) is 62.8 Å². The highest BCUT2D eigenvalue weighted by atomic mass is 32.2. The van der Waals surface area contributed by atoms with E-state index < -0.39 is 0 Å². The molecule has 1 aliphatic rings. The van der Waals surface area contributed by atoms with E-state index in [1.807, 2.05) is 6.92 Å². The molecule has 1 saturated carbocycles. The van der Waals surface area contributed by atoms with E-state index in [0.717, 1.165) is 6.42 Å². The molecule has 4 nitrogen and oxygen atoms in total. The molecule has 0 saturated heterocycles. The summed E-state index contributed by atoms with van der Waals surface area (Å²) in [5, 5.41) is 0.858. The fraction of sp³-hybridized carbons (Fsp3) is 0.500. The number of nitrogens with one attached hydrogen (secondary N) is 1. The van der Waals surface area contributed by atoms with Gasteiger partial charge in [-0.2, -0.15) is 0 Å². The van der Waals surface area contributed by atoms with Crippen molar-refractivity contribution >= 4 is 17.5 Å². The van der Waals surface area contributed by atoms with Gasteiger partial charge in [0.1, 0.15) is 5.78 Å². The molecule has 80 valence electrons. The Morgan fingerprint density at radius 3 is 2.93 bits per heavy atom. The van der Waals surface area contributed by atoms with Gasteiger partial charge in [-0.15, -0.1) is 0 Å². The first kappa shape index (κ1) is 10.4. The average molecular weight is 224 g/mol. The monoisotopic (exact) mass is 224 g/mol. The number of nitrogens with zero attached hydrogens (tertiary/aromatic N) is 1. The Morgan fingerprint density at radius 1 is 1.53 bits per heavy atom. The van der Waals surface area contributed by atoms with Gasteiger partial charge < -0.3 is 4.98 Å². The van der Waals surface area contributed by atoms with Crippen LogP contribution in [0, 0.1) is 5.92 Å². The fourth-order valence-corrected chi connectivity index (χ4v) is 2.85. The second-order valence-electron chi connectivity index (χ2n) is 3.69. The third kappa shape index (κ3) is 2.28. The summed E-state index contributed by atoms with van der Waals surface area (Å²) in [4.78, 5) is 29.1. The maximum atomic E-state index is 11.3. The lowest BCUT2D eigenvalue weighted by Gasteiger charge is -2.11. The van der Waals surface area contributed by atoms with Crippen molar-refractivity contribution in [1.82, 2.24) is 9.97 Å². The third-order valence-electron chi connectivity index (χ3n) is 2.65. The fourth-order valence-electron chi connectivity index (χ4n) is 1.69. The predicted octanol–water partition coefficient (Wildman–Crippen LogP) is 1.23. The summed E-state index contributed by atoms with van der Waals surface area (Å²) in [6.45, 7) is 1.94. The number of aromatic nitrogens is 2. The summed E-state index contributed by atoms with van der Waals surface area (Å²) in [5.74, 6) is 0.381. The molecule has 0 spiro atoms. The molecule has 5 heteroatoms. The highest BCUT2D eigenvalue weighted by Gasteiger charge is 2.31. The molecule has 1 aromatic heterocycles. The Bertz CT molecular complexity index is 429. The van der Waals surface area contributed by atoms with Crippen LogP contribution in [0.3, 0.4) is 0 Å². The normalized spacial score (nSPS) is 25.8. The minimum absolute atomic E-state index is 0.0699. The molecule has 0 radical (unpaired) electrons. The highest BCUT2D eigenvalue weighted by Crippen LogP contribution is 2.34. The molecule has 15 heavy (non-hydrogen) atoms. The van der Waals surface area contributed by atoms with Crippen LogP contribution in [0.1, 0.15) is 19.8 Å². The summed E-state index contributed by atoms with van der Waals surface area (Å²) in [5.41, 5.74) is -0.149. The maximum absolute atomic E-state index is 11.3. The number of ketones is 1. The number of Topliss-reactive ketones (excluding diaryl/α,β-unsaturated/α-hetero) is 1. The Hall–Kier alpha value is -1.10. The van der Waals surface area contributed by atoms with Crippen molar-refractivity contribution < 1.29 is 4.79 Å². The number of thioether (sulfide) groups is 1. The summed E-state index contributed by atoms with van der Waals surface area (Å²) in [6.07, 6.45) is 3.02. The van der Waals surface area contributed by atoms with E-state index in [4.69, 9.17) is 0 Å². The van der Waals surface area contributed by atoms with Gasteiger partial charge in [-0.25, -0.2) is 4.98 Å². The predicted molar refractivity (Wildman–Crippen MR) is 57.9 cm³/mol. The van der Waals surface area contributed by atoms with Gasteiger partial charge in [0, 0.05) is 29.9 Å². The first-order chi connectivity index (χ1) is 7.16. The van der Waals surface area contributed by atoms with Crippen LogP contribution in [0.15, 0.2) is 22.2 Å². The average Bonchev–Trinajstić information content (AvgIpc) is 2.50. The molecule has 1 aromatic rings. The SMILES string of the molecule is CC1C(=O)CCC1Sc1nccc(=O)[nH]1. The lowest BCUT2D eigenvalue weighted by Crippen LogP contribution is -2.14. The van der Waals surface area contributed by atoms with E-state index in [9.17, 15) is 9.59 Å². The number of aromatic amines is 1. The highest BCUT2D eigenvalue weighted by molar-refractivity contribution is 7.99. The van der Waals surface area contributed by atoms with Crippen molar-refractivity contribution in [3.8, 4) is 0 Å². The zero-order valence-corrected chi connectivity index (χ0v) is 9.21. The van der Waals surface area contributed by atoms with Gasteiger partial charge in [-0.1, -0.05) is 18.7 Å². The van der Waals surface area contributed by atoms with Crippen LogP contribution >= 0.6 is 11.8 Å². The van der Waals surface area contributed by atoms with Crippen LogP contribution in [-0.2, 0) is 4.79 Å².